The van der Waals surface area contributed by atoms with E-state index in [1.807, 2.05) is 35.4 Å². The number of thiophene rings is 1. The Labute approximate surface area is 167 Å². The lowest BCUT2D eigenvalue weighted by Gasteiger charge is -2.49. The van der Waals surface area contributed by atoms with Crippen LogP contribution < -0.4 is 4.90 Å². The van der Waals surface area contributed by atoms with Gasteiger partial charge in [-0.3, -0.25) is 14.8 Å². The smallest absolute Gasteiger partial charge is 0.415 e. The van der Waals surface area contributed by atoms with E-state index in [0.717, 1.165) is 58.8 Å². The Morgan fingerprint density at radius 3 is 2.79 bits per heavy atom. The van der Waals surface area contributed by atoms with Crippen LogP contribution in [0.2, 0.25) is 0 Å². The van der Waals surface area contributed by atoms with Gasteiger partial charge in [0.05, 0.1) is 12.1 Å². The lowest BCUT2D eigenvalue weighted by atomic mass is 9.75. The number of hydrogen-bond acceptors (Lipinski definition) is 5. The second kappa shape index (κ2) is 6.03. The summed E-state index contributed by atoms with van der Waals surface area (Å²) in [7, 11) is 0. The zero-order chi connectivity index (χ0) is 18.7. The zero-order valence-corrected chi connectivity index (χ0v) is 16.3. The molecule has 3 aromatic rings. The van der Waals surface area contributed by atoms with Crippen LogP contribution in [0.25, 0.3) is 21.3 Å². The van der Waals surface area contributed by atoms with Crippen molar-refractivity contribution in [1.29, 1.82) is 0 Å². The molecule has 1 aromatic carbocycles. The molecule has 2 aromatic heterocycles. The lowest BCUT2D eigenvalue weighted by Crippen LogP contribution is -2.61. The first-order chi connectivity index (χ1) is 13.7. The fourth-order valence-electron chi connectivity index (χ4n) is 5.01. The van der Waals surface area contributed by atoms with Crippen LogP contribution in [0.4, 0.5) is 9.80 Å². The van der Waals surface area contributed by atoms with E-state index in [-0.39, 0.29) is 11.7 Å². The maximum atomic E-state index is 12.7. The number of rotatable bonds is 2. The molecular weight excluding hydrogens is 370 g/mol. The summed E-state index contributed by atoms with van der Waals surface area (Å²) in [5.41, 5.74) is 1.76. The molecule has 0 N–H and O–H groups in total. The van der Waals surface area contributed by atoms with Gasteiger partial charge in [-0.05, 0) is 50.2 Å². The van der Waals surface area contributed by atoms with Crippen molar-refractivity contribution in [2.45, 2.75) is 18.4 Å². The summed E-state index contributed by atoms with van der Waals surface area (Å²) in [4.78, 5) is 22.7. The number of carbonyl (C=O) groups is 1. The Bertz CT molecular complexity index is 1070. The molecule has 4 fully saturated rings. The summed E-state index contributed by atoms with van der Waals surface area (Å²) in [6.45, 7) is 3.83. The van der Waals surface area contributed by atoms with Crippen LogP contribution in [0.5, 0.6) is 0 Å². The highest BCUT2D eigenvalue weighted by Gasteiger charge is 2.55. The van der Waals surface area contributed by atoms with Crippen molar-refractivity contribution in [3.63, 3.8) is 0 Å². The first-order valence-electron chi connectivity index (χ1n) is 9.88. The van der Waals surface area contributed by atoms with E-state index < -0.39 is 0 Å². The quantitative estimate of drug-likeness (QED) is 0.650. The van der Waals surface area contributed by atoms with Gasteiger partial charge in [-0.2, -0.15) is 0 Å². The molecule has 4 saturated heterocycles. The highest BCUT2D eigenvalue weighted by Crippen LogP contribution is 2.45. The maximum absolute atomic E-state index is 12.7. The molecule has 1 spiro atoms. The second-order valence-electron chi connectivity index (χ2n) is 8.12. The highest BCUT2D eigenvalue weighted by atomic mass is 32.1. The standard InChI is InChI=1S/C22H21N3O2S/c26-21-25(14-22(27-21)13-24-9-7-17(22)8-10-24)20-6-5-19(28-20)16-11-15-3-1-2-4-18(15)23-12-16/h1-6,11-12,17H,7-10,13-14H2. The van der Waals surface area contributed by atoms with Crippen LogP contribution in [0, 0.1) is 5.92 Å². The third-order valence-electron chi connectivity index (χ3n) is 6.49. The van der Waals surface area contributed by atoms with Gasteiger partial charge in [0, 0.05) is 34.5 Å². The molecule has 4 aliphatic heterocycles. The van der Waals surface area contributed by atoms with Crippen LogP contribution in [0.1, 0.15) is 12.8 Å². The SMILES string of the molecule is O=C1OC2(CN3CCC2CC3)CN1c1ccc(-c2cnc3ccccc3c2)s1. The fraction of sp³-hybridized carbons (Fsp3) is 0.364. The largest absolute Gasteiger partial charge is 0.439 e. The average molecular weight is 391 g/mol. The van der Waals surface area contributed by atoms with Gasteiger partial charge in [0.1, 0.15) is 10.6 Å². The van der Waals surface area contributed by atoms with Crippen molar-refractivity contribution in [3.8, 4) is 10.4 Å². The minimum absolute atomic E-state index is 0.196. The molecule has 142 valence electrons. The fourth-order valence-corrected chi connectivity index (χ4v) is 5.99. The van der Waals surface area contributed by atoms with Gasteiger partial charge in [-0.25, -0.2) is 4.79 Å². The molecule has 0 saturated carbocycles. The molecule has 5 nitrogen and oxygen atoms in total. The molecule has 28 heavy (non-hydrogen) atoms. The van der Waals surface area contributed by atoms with Crippen molar-refractivity contribution >= 4 is 33.3 Å². The number of piperidine rings is 3. The number of benzene rings is 1. The third-order valence-corrected chi connectivity index (χ3v) is 7.65. The molecule has 0 aliphatic carbocycles. The number of ether oxygens (including phenoxy) is 1. The van der Waals surface area contributed by atoms with Crippen molar-refractivity contribution in [2.24, 2.45) is 5.92 Å². The van der Waals surface area contributed by atoms with E-state index in [0.29, 0.717) is 12.5 Å². The normalized spacial score (nSPS) is 29.0. The Hall–Kier alpha value is -2.44. The number of carbonyl (C=O) groups excluding carboxylic acids is 1. The first kappa shape index (κ1) is 16.5. The number of pyridine rings is 1. The number of fused-ring (bicyclic) bond motifs is 3. The predicted octanol–water partition coefficient (Wildman–Crippen LogP) is 4.38. The Kier molecular flexibility index (Phi) is 3.55. The Morgan fingerprint density at radius 2 is 1.96 bits per heavy atom. The second-order valence-corrected chi connectivity index (χ2v) is 9.19. The van der Waals surface area contributed by atoms with Crippen LogP contribution in [-0.2, 0) is 4.74 Å². The number of para-hydroxylation sites is 1. The van der Waals surface area contributed by atoms with E-state index in [1.54, 1.807) is 11.3 Å². The van der Waals surface area contributed by atoms with E-state index in [9.17, 15) is 4.79 Å². The van der Waals surface area contributed by atoms with Crippen LogP contribution >= 0.6 is 11.3 Å². The number of aromatic nitrogens is 1. The van der Waals surface area contributed by atoms with Gasteiger partial charge in [0.2, 0.25) is 0 Å². The van der Waals surface area contributed by atoms with Gasteiger partial charge in [0.25, 0.3) is 0 Å². The lowest BCUT2D eigenvalue weighted by molar-refractivity contribution is -0.0881. The minimum Gasteiger partial charge on any atom is -0.439 e. The number of anilines is 1. The molecule has 1 unspecified atom stereocenters. The van der Waals surface area contributed by atoms with Gasteiger partial charge in [-0.15, -0.1) is 11.3 Å². The van der Waals surface area contributed by atoms with Crippen molar-refractivity contribution in [3.05, 3.63) is 48.7 Å². The van der Waals surface area contributed by atoms with E-state index >= 15 is 0 Å². The molecular formula is C22H21N3O2S. The highest BCUT2D eigenvalue weighted by molar-refractivity contribution is 7.19. The minimum atomic E-state index is -0.317. The molecule has 6 heteroatoms. The van der Waals surface area contributed by atoms with Crippen molar-refractivity contribution in [2.75, 3.05) is 31.1 Å². The topological polar surface area (TPSA) is 45.7 Å². The maximum Gasteiger partial charge on any atom is 0.415 e. The number of amides is 1. The summed E-state index contributed by atoms with van der Waals surface area (Å²) in [6, 6.07) is 14.4. The zero-order valence-electron chi connectivity index (χ0n) is 15.5. The summed E-state index contributed by atoms with van der Waals surface area (Å²) < 4.78 is 6.00. The van der Waals surface area contributed by atoms with Gasteiger partial charge in [0.15, 0.2) is 0 Å². The average Bonchev–Trinajstić information content (AvgIpc) is 3.33. The van der Waals surface area contributed by atoms with E-state index in [1.165, 1.54) is 0 Å². The molecule has 0 radical (unpaired) electrons. The monoisotopic (exact) mass is 391 g/mol. The van der Waals surface area contributed by atoms with E-state index in [2.05, 4.69) is 28.1 Å². The number of nitrogens with zero attached hydrogens (tertiary/aromatic N) is 3. The van der Waals surface area contributed by atoms with Crippen LogP contribution in [0.3, 0.4) is 0 Å². The molecule has 4 aliphatic rings. The Balaban J connectivity index is 1.30. The molecule has 6 heterocycles. The van der Waals surface area contributed by atoms with Gasteiger partial charge < -0.3 is 4.74 Å². The molecule has 1 atom stereocenters. The summed E-state index contributed by atoms with van der Waals surface area (Å²) in [5.74, 6) is 0.496. The summed E-state index contributed by atoms with van der Waals surface area (Å²) in [5, 5.41) is 2.09. The molecule has 1 amide bonds. The third kappa shape index (κ3) is 2.48. The molecule has 7 rings (SSSR count). The molecule has 2 bridgehead atoms. The van der Waals surface area contributed by atoms with Gasteiger partial charge >= 0.3 is 6.09 Å². The number of hydrogen-bond donors (Lipinski definition) is 0. The Morgan fingerprint density at radius 1 is 1.11 bits per heavy atom. The van der Waals surface area contributed by atoms with Crippen molar-refractivity contribution < 1.29 is 9.53 Å². The van der Waals surface area contributed by atoms with Crippen molar-refractivity contribution in [1.82, 2.24) is 9.88 Å². The van der Waals surface area contributed by atoms with Crippen LogP contribution in [-0.4, -0.2) is 47.8 Å². The van der Waals surface area contributed by atoms with Crippen LogP contribution in [0.15, 0.2) is 48.7 Å². The summed E-state index contributed by atoms with van der Waals surface area (Å²) in [6.07, 6.45) is 3.99. The predicted molar refractivity (Wildman–Crippen MR) is 111 cm³/mol. The first-order valence-corrected chi connectivity index (χ1v) is 10.7. The summed E-state index contributed by atoms with van der Waals surface area (Å²) >= 11 is 1.63. The van der Waals surface area contributed by atoms with Gasteiger partial charge in [-0.1, -0.05) is 18.2 Å². The van der Waals surface area contributed by atoms with E-state index in [4.69, 9.17) is 4.74 Å².